The van der Waals surface area contributed by atoms with Crippen LogP contribution in [0.3, 0.4) is 0 Å². The summed E-state index contributed by atoms with van der Waals surface area (Å²) < 4.78 is 13.5. The SMILES string of the molecule is C[C@H]1[C@@H](CN(C)[C@H](C)c2ccc3ccccc3c2)O[C@@H](c2ccc(CNC(=O)NC34CC5CC(CC(C5)C3)C4)cc2)O[C@H]1c1ccc(CO)cc1. The van der Waals surface area contributed by atoms with Crippen molar-refractivity contribution in [3.05, 3.63) is 119 Å². The lowest BCUT2D eigenvalue weighted by atomic mass is 9.53. The summed E-state index contributed by atoms with van der Waals surface area (Å²) in [6.07, 6.45) is 6.71. The topological polar surface area (TPSA) is 83.1 Å². The van der Waals surface area contributed by atoms with E-state index < -0.39 is 6.29 Å². The summed E-state index contributed by atoms with van der Waals surface area (Å²) in [5.74, 6) is 2.47. The molecule has 3 N–H and O–H groups in total. The first-order valence-corrected chi connectivity index (χ1v) is 19.1. The van der Waals surface area contributed by atoms with Gasteiger partial charge in [-0.05, 0) is 109 Å². The lowest BCUT2D eigenvalue weighted by Crippen LogP contribution is -2.61. The normalized spacial score (nSPS) is 30.4. The van der Waals surface area contributed by atoms with Crippen LogP contribution in [0.25, 0.3) is 10.8 Å². The van der Waals surface area contributed by atoms with Gasteiger partial charge in [0.15, 0.2) is 6.29 Å². The number of nitrogens with zero attached hydrogens (tertiary/aromatic N) is 1. The largest absolute Gasteiger partial charge is 0.392 e. The smallest absolute Gasteiger partial charge is 0.315 e. The Kier molecular flexibility index (Phi) is 9.66. The Hall–Kier alpha value is -3.75. The van der Waals surface area contributed by atoms with Crippen LogP contribution in [-0.2, 0) is 22.6 Å². The van der Waals surface area contributed by atoms with Gasteiger partial charge in [0.05, 0.1) is 18.8 Å². The van der Waals surface area contributed by atoms with Crippen LogP contribution in [0.5, 0.6) is 0 Å². The monoisotopic (exact) mass is 687 g/mol. The molecular weight excluding hydrogens is 635 g/mol. The van der Waals surface area contributed by atoms with Gasteiger partial charge in [0.2, 0.25) is 0 Å². The van der Waals surface area contributed by atoms with Crippen LogP contribution in [0.1, 0.15) is 98.6 Å². The molecule has 5 atom stereocenters. The maximum absolute atomic E-state index is 13.1. The average molecular weight is 688 g/mol. The van der Waals surface area contributed by atoms with Crippen molar-refractivity contribution in [3.8, 4) is 0 Å². The van der Waals surface area contributed by atoms with Crippen molar-refractivity contribution in [2.45, 2.75) is 95.6 Å². The molecule has 0 unspecified atom stereocenters. The summed E-state index contributed by atoms with van der Waals surface area (Å²) in [6.45, 7) is 5.69. The highest BCUT2D eigenvalue weighted by Crippen LogP contribution is 2.55. The fourth-order valence-electron chi connectivity index (χ4n) is 10.0. The molecule has 4 aliphatic carbocycles. The fourth-order valence-corrected chi connectivity index (χ4v) is 10.0. The molecule has 1 saturated heterocycles. The van der Waals surface area contributed by atoms with E-state index in [0.717, 1.165) is 65.8 Å². The van der Waals surface area contributed by atoms with Crippen molar-refractivity contribution in [2.24, 2.45) is 23.7 Å². The van der Waals surface area contributed by atoms with E-state index in [0.29, 0.717) is 6.54 Å². The maximum atomic E-state index is 13.1. The number of benzene rings is 4. The standard InChI is InChI=1S/C44H53N3O4/c1-28-40(26-47(3)29(2)38-17-16-35-6-4-5-7-39(35)21-38)50-42(51-41(28)36-12-10-31(27-48)11-13-36)37-14-8-30(9-15-37)25-45-43(49)46-44-22-32-18-33(23-44)20-34(19-32)24-44/h4-17,21,28-29,32-34,40-42,48H,18-20,22-27H2,1-3H3,(H2,45,46,49)/t28-,29+,32?,33?,34?,40+,41+,42+,44?/m0/s1. The number of urea groups is 1. The number of hydrogen-bond acceptors (Lipinski definition) is 5. The fraction of sp³-hybridized carbons (Fsp3) is 0.477. The van der Waals surface area contributed by atoms with Gasteiger partial charge in [0, 0.05) is 36.2 Å². The van der Waals surface area contributed by atoms with Gasteiger partial charge in [0.1, 0.15) is 0 Å². The van der Waals surface area contributed by atoms with E-state index in [2.05, 4.69) is 115 Å². The van der Waals surface area contributed by atoms with E-state index in [4.69, 9.17) is 9.47 Å². The molecule has 9 rings (SSSR count). The number of likely N-dealkylation sites (N-methyl/N-ethyl adjacent to an activating group) is 1. The van der Waals surface area contributed by atoms with Gasteiger partial charge in [0.25, 0.3) is 0 Å². The van der Waals surface area contributed by atoms with E-state index in [1.807, 2.05) is 12.1 Å². The highest BCUT2D eigenvalue weighted by molar-refractivity contribution is 5.83. The molecule has 268 valence electrons. The van der Waals surface area contributed by atoms with E-state index in [1.54, 1.807) is 0 Å². The Morgan fingerprint density at radius 2 is 1.47 bits per heavy atom. The number of nitrogens with one attached hydrogen (secondary N) is 2. The first-order valence-electron chi connectivity index (χ1n) is 19.1. The van der Waals surface area contributed by atoms with Crippen molar-refractivity contribution < 1.29 is 19.4 Å². The summed E-state index contributed by atoms with van der Waals surface area (Å²) >= 11 is 0. The number of aliphatic hydroxyl groups is 1. The summed E-state index contributed by atoms with van der Waals surface area (Å²) in [6, 6.07) is 31.7. The van der Waals surface area contributed by atoms with Crippen LogP contribution < -0.4 is 10.6 Å². The Balaban J connectivity index is 0.947. The van der Waals surface area contributed by atoms with Gasteiger partial charge in [-0.15, -0.1) is 0 Å². The van der Waals surface area contributed by atoms with Gasteiger partial charge in [-0.2, -0.15) is 0 Å². The lowest BCUT2D eigenvalue weighted by Gasteiger charge is -2.56. The Morgan fingerprint density at radius 3 is 2.14 bits per heavy atom. The number of carbonyl (C=O) groups is 1. The predicted molar refractivity (Wildman–Crippen MR) is 201 cm³/mol. The molecule has 4 saturated carbocycles. The molecule has 4 aromatic carbocycles. The molecule has 0 aromatic heterocycles. The second kappa shape index (κ2) is 14.3. The Bertz CT molecular complexity index is 1790. The molecule has 4 bridgehead atoms. The van der Waals surface area contributed by atoms with Crippen molar-refractivity contribution in [1.29, 1.82) is 0 Å². The predicted octanol–water partition coefficient (Wildman–Crippen LogP) is 8.58. The van der Waals surface area contributed by atoms with Crippen LogP contribution in [0.4, 0.5) is 4.79 Å². The number of rotatable bonds is 10. The van der Waals surface area contributed by atoms with Gasteiger partial charge < -0.3 is 25.2 Å². The molecule has 1 heterocycles. The number of hydrogen-bond donors (Lipinski definition) is 3. The quantitative estimate of drug-likeness (QED) is 0.156. The van der Waals surface area contributed by atoms with Crippen LogP contribution in [-0.4, -0.2) is 41.3 Å². The highest BCUT2D eigenvalue weighted by Gasteiger charge is 2.51. The molecule has 4 aromatic rings. The lowest BCUT2D eigenvalue weighted by molar-refractivity contribution is -0.276. The Labute approximate surface area is 302 Å². The molecule has 5 aliphatic rings. The zero-order chi connectivity index (χ0) is 35.1. The number of carbonyl (C=O) groups excluding carboxylic acids is 1. The third-order valence-corrected chi connectivity index (χ3v) is 12.6. The summed E-state index contributed by atoms with van der Waals surface area (Å²) in [4.78, 5) is 15.5. The van der Waals surface area contributed by atoms with Crippen LogP contribution in [0, 0.1) is 23.7 Å². The second-order valence-electron chi connectivity index (χ2n) is 16.3. The third-order valence-electron chi connectivity index (χ3n) is 12.6. The summed E-state index contributed by atoms with van der Waals surface area (Å²) in [5.41, 5.74) is 5.23. The first kappa shape index (κ1) is 34.3. The minimum Gasteiger partial charge on any atom is -0.392 e. The minimum absolute atomic E-state index is 0.00230. The van der Waals surface area contributed by atoms with E-state index in [-0.39, 0.29) is 42.3 Å². The van der Waals surface area contributed by atoms with E-state index >= 15 is 0 Å². The van der Waals surface area contributed by atoms with Gasteiger partial charge in [-0.3, -0.25) is 4.90 Å². The van der Waals surface area contributed by atoms with Crippen molar-refractivity contribution in [3.63, 3.8) is 0 Å². The second-order valence-corrected chi connectivity index (χ2v) is 16.3. The molecule has 2 amide bonds. The summed E-state index contributed by atoms with van der Waals surface area (Å²) in [7, 11) is 2.17. The van der Waals surface area contributed by atoms with E-state index in [9.17, 15) is 9.90 Å². The molecule has 0 radical (unpaired) electrons. The van der Waals surface area contributed by atoms with Crippen molar-refractivity contribution in [1.82, 2.24) is 15.5 Å². The molecule has 7 heteroatoms. The molecule has 1 aliphatic heterocycles. The van der Waals surface area contributed by atoms with Crippen LogP contribution in [0.2, 0.25) is 0 Å². The summed E-state index contributed by atoms with van der Waals surface area (Å²) in [5, 5.41) is 18.7. The van der Waals surface area contributed by atoms with Crippen LogP contribution >= 0.6 is 0 Å². The Morgan fingerprint density at radius 1 is 0.843 bits per heavy atom. The van der Waals surface area contributed by atoms with Crippen LogP contribution in [0.15, 0.2) is 91.0 Å². The molecular formula is C44H53N3O4. The number of amides is 2. The molecule has 7 nitrogen and oxygen atoms in total. The molecule has 0 spiro atoms. The van der Waals surface area contributed by atoms with Crippen molar-refractivity contribution >= 4 is 16.8 Å². The maximum Gasteiger partial charge on any atom is 0.315 e. The zero-order valence-corrected chi connectivity index (χ0v) is 30.3. The number of ether oxygens (including phenoxy) is 2. The van der Waals surface area contributed by atoms with Crippen molar-refractivity contribution in [2.75, 3.05) is 13.6 Å². The van der Waals surface area contributed by atoms with Gasteiger partial charge in [-0.1, -0.05) is 91.9 Å². The number of aliphatic hydroxyl groups excluding tert-OH is 1. The van der Waals surface area contributed by atoms with Gasteiger partial charge >= 0.3 is 6.03 Å². The van der Waals surface area contributed by atoms with Gasteiger partial charge in [-0.25, -0.2) is 4.79 Å². The van der Waals surface area contributed by atoms with E-state index in [1.165, 1.54) is 35.6 Å². The highest BCUT2D eigenvalue weighted by atomic mass is 16.7. The average Bonchev–Trinajstić information content (AvgIpc) is 3.14. The molecule has 51 heavy (non-hydrogen) atoms. The molecule has 5 fully saturated rings. The third kappa shape index (κ3) is 7.32. The minimum atomic E-state index is -0.542. The zero-order valence-electron chi connectivity index (χ0n) is 30.3. The first-order chi connectivity index (χ1) is 24.7. The number of fused-ring (bicyclic) bond motifs is 1.